The zero-order valence-electron chi connectivity index (χ0n) is 7.46. The Hall–Kier alpha value is -0.850. The Balaban J connectivity index is 0.00000121. The first kappa shape index (κ1) is 11.2. The molecule has 0 aromatic carbocycles. The van der Waals surface area contributed by atoms with Gasteiger partial charge in [-0.2, -0.15) is 0 Å². The second-order valence-corrected chi connectivity index (χ2v) is 4.10. The third kappa shape index (κ3) is 4.12. The van der Waals surface area contributed by atoms with Gasteiger partial charge in [-0.05, 0) is 23.5 Å². The van der Waals surface area contributed by atoms with Gasteiger partial charge in [0.15, 0.2) is 0 Å². The van der Waals surface area contributed by atoms with Crippen molar-refractivity contribution in [2.45, 2.75) is 34.6 Å². The van der Waals surface area contributed by atoms with Crippen molar-refractivity contribution in [2.75, 3.05) is 0 Å². The third-order valence-electron chi connectivity index (χ3n) is 1.46. The molecule has 0 saturated heterocycles. The zero-order valence-corrected chi connectivity index (χ0v) is 7.46. The highest BCUT2D eigenvalue weighted by molar-refractivity contribution is 5.09. The lowest BCUT2D eigenvalue weighted by molar-refractivity contribution is 0.411. The van der Waals surface area contributed by atoms with Gasteiger partial charge in [0, 0.05) is 12.4 Å². The van der Waals surface area contributed by atoms with Gasteiger partial charge in [0.2, 0.25) is 0 Å². The van der Waals surface area contributed by atoms with E-state index in [-0.39, 0.29) is 7.43 Å². The standard InChI is InChI=1S/C10H15N.CH4/c1-10(2,3)7-9-5-4-6-11-8-9;/h4-6,8H,7H2,1-3H3;1H4. The van der Waals surface area contributed by atoms with Crippen molar-refractivity contribution < 1.29 is 0 Å². The topological polar surface area (TPSA) is 12.9 Å². The van der Waals surface area contributed by atoms with Crippen molar-refractivity contribution in [1.29, 1.82) is 0 Å². The Morgan fingerprint density at radius 2 is 2.00 bits per heavy atom. The molecule has 0 radical (unpaired) electrons. The van der Waals surface area contributed by atoms with Crippen molar-refractivity contribution in [3.05, 3.63) is 30.1 Å². The highest BCUT2D eigenvalue weighted by Crippen LogP contribution is 2.19. The third-order valence-corrected chi connectivity index (χ3v) is 1.46. The second kappa shape index (κ2) is 4.24. The van der Waals surface area contributed by atoms with Gasteiger partial charge < -0.3 is 0 Å². The van der Waals surface area contributed by atoms with Crippen LogP contribution in [0.25, 0.3) is 0 Å². The molecule has 1 nitrogen and oxygen atoms in total. The highest BCUT2D eigenvalue weighted by Gasteiger charge is 2.10. The van der Waals surface area contributed by atoms with Gasteiger partial charge in [-0.1, -0.05) is 34.3 Å². The van der Waals surface area contributed by atoms with Crippen molar-refractivity contribution in [2.24, 2.45) is 5.41 Å². The van der Waals surface area contributed by atoms with E-state index in [1.165, 1.54) is 5.56 Å². The first-order chi connectivity index (χ1) is 5.08. The molecule has 0 amide bonds. The molecule has 68 valence electrons. The smallest absolute Gasteiger partial charge is 0.0300 e. The summed E-state index contributed by atoms with van der Waals surface area (Å²) in [5.74, 6) is 0. The Kier molecular flexibility index (Phi) is 3.94. The molecule has 1 aromatic heterocycles. The summed E-state index contributed by atoms with van der Waals surface area (Å²) in [5, 5.41) is 0. The molecule has 0 saturated carbocycles. The van der Waals surface area contributed by atoms with Crippen LogP contribution in [0.5, 0.6) is 0 Å². The summed E-state index contributed by atoms with van der Waals surface area (Å²) >= 11 is 0. The lowest BCUT2D eigenvalue weighted by Gasteiger charge is -2.17. The molecule has 1 rings (SSSR count). The summed E-state index contributed by atoms with van der Waals surface area (Å²) in [6.45, 7) is 6.71. The van der Waals surface area contributed by atoms with Gasteiger partial charge in [0.25, 0.3) is 0 Å². The number of nitrogens with zero attached hydrogens (tertiary/aromatic N) is 1. The second-order valence-electron chi connectivity index (χ2n) is 4.10. The quantitative estimate of drug-likeness (QED) is 0.622. The van der Waals surface area contributed by atoms with Crippen molar-refractivity contribution in [1.82, 2.24) is 4.98 Å². The molecular formula is C11H19N. The molecule has 0 N–H and O–H groups in total. The number of pyridine rings is 1. The molecule has 0 atom stereocenters. The fourth-order valence-corrected chi connectivity index (χ4v) is 1.12. The first-order valence-electron chi connectivity index (χ1n) is 3.97. The van der Waals surface area contributed by atoms with Crippen LogP contribution in [0, 0.1) is 5.41 Å². The van der Waals surface area contributed by atoms with Crippen molar-refractivity contribution >= 4 is 0 Å². The zero-order chi connectivity index (χ0) is 8.32. The van der Waals surface area contributed by atoms with Crippen LogP contribution >= 0.6 is 0 Å². The maximum Gasteiger partial charge on any atom is 0.0300 e. The summed E-state index contributed by atoms with van der Waals surface area (Å²) in [6, 6.07) is 4.11. The molecule has 0 aliphatic rings. The molecule has 0 fully saturated rings. The van der Waals surface area contributed by atoms with E-state index in [1.54, 1.807) is 0 Å². The first-order valence-corrected chi connectivity index (χ1v) is 3.97. The van der Waals surface area contributed by atoms with E-state index in [4.69, 9.17) is 0 Å². The fourth-order valence-electron chi connectivity index (χ4n) is 1.12. The largest absolute Gasteiger partial charge is 0.264 e. The minimum atomic E-state index is 0. The molecule has 0 aliphatic heterocycles. The van der Waals surface area contributed by atoms with Crippen LogP contribution in [0.15, 0.2) is 24.5 Å². The Labute approximate surface area is 75.8 Å². The number of rotatable bonds is 1. The predicted molar refractivity (Wildman–Crippen MR) is 54.1 cm³/mol. The summed E-state index contributed by atoms with van der Waals surface area (Å²) < 4.78 is 0. The van der Waals surface area contributed by atoms with Gasteiger partial charge in [-0.15, -0.1) is 0 Å². The fraction of sp³-hybridized carbons (Fsp3) is 0.545. The van der Waals surface area contributed by atoms with Crippen molar-refractivity contribution in [3.8, 4) is 0 Å². The van der Waals surface area contributed by atoms with Crippen LogP contribution in [-0.2, 0) is 6.42 Å². The molecule has 0 aliphatic carbocycles. The summed E-state index contributed by atoms with van der Waals surface area (Å²) in [6.07, 6.45) is 4.85. The average Bonchev–Trinajstić information content (AvgIpc) is 1.85. The van der Waals surface area contributed by atoms with E-state index < -0.39 is 0 Å². The van der Waals surface area contributed by atoms with E-state index in [2.05, 4.69) is 31.8 Å². The number of hydrogen-bond donors (Lipinski definition) is 0. The Bertz CT molecular complexity index is 208. The molecular weight excluding hydrogens is 146 g/mol. The minimum absolute atomic E-state index is 0. The SMILES string of the molecule is C.CC(C)(C)Cc1cccnc1. The summed E-state index contributed by atoms with van der Waals surface area (Å²) in [7, 11) is 0. The predicted octanol–water partition coefficient (Wildman–Crippen LogP) is 3.31. The van der Waals surface area contributed by atoms with Crippen LogP contribution in [0.1, 0.15) is 33.8 Å². The highest BCUT2D eigenvalue weighted by atomic mass is 14.6. The average molecular weight is 165 g/mol. The van der Waals surface area contributed by atoms with Crippen LogP contribution in [-0.4, -0.2) is 4.98 Å². The lowest BCUT2D eigenvalue weighted by atomic mass is 9.89. The molecule has 12 heavy (non-hydrogen) atoms. The van der Waals surface area contributed by atoms with Gasteiger partial charge in [0.05, 0.1) is 0 Å². The van der Waals surface area contributed by atoms with Crippen molar-refractivity contribution in [3.63, 3.8) is 0 Å². The van der Waals surface area contributed by atoms with E-state index in [0.717, 1.165) is 6.42 Å². The molecule has 0 unspecified atom stereocenters. The Morgan fingerprint density at radius 3 is 2.42 bits per heavy atom. The van der Waals surface area contributed by atoms with Gasteiger partial charge >= 0.3 is 0 Å². The van der Waals surface area contributed by atoms with Gasteiger partial charge in [-0.25, -0.2) is 0 Å². The van der Waals surface area contributed by atoms with Gasteiger partial charge in [0.1, 0.15) is 0 Å². The summed E-state index contributed by atoms with van der Waals surface area (Å²) in [4.78, 5) is 4.07. The molecule has 0 spiro atoms. The van der Waals surface area contributed by atoms with Crippen LogP contribution in [0.3, 0.4) is 0 Å². The number of hydrogen-bond acceptors (Lipinski definition) is 1. The van der Waals surface area contributed by atoms with E-state index in [1.807, 2.05) is 18.5 Å². The molecule has 0 bridgehead atoms. The van der Waals surface area contributed by atoms with E-state index in [0.29, 0.717) is 5.41 Å². The normalized spacial score (nSPS) is 10.6. The van der Waals surface area contributed by atoms with E-state index >= 15 is 0 Å². The molecule has 1 heterocycles. The minimum Gasteiger partial charge on any atom is -0.264 e. The van der Waals surface area contributed by atoms with Crippen LogP contribution < -0.4 is 0 Å². The maximum atomic E-state index is 4.07. The Morgan fingerprint density at radius 1 is 1.33 bits per heavy atom. The number of aromatic nitrogens is 1. The maximum absolute atomic E-state index is 4.07. The van der Waals surface area contributed by atoms with Crippen LogP contribution in [0.4, 0.5) is 0 Å². The van der Waals surface area contributed by atoms with Gasteiger partial charge in [-0.3, -0.25) is 4.98 Å². The van der Waals surface area contributed by atoms with Crippen LogP contribution in [0.2, 0.25) is 0 Å². The van der Waals surface area contributed by atoms with E-state index in [9.17, 15) is 0 Å². The monoisotopic (exact) mass is 165 g/mol. The molecule has 1 aromatic rings. The lowest BCUT2D eigenvalue weighted by Crippen LogP contribution is -2.08. The molecule has 1 heteroatoms. The summed E-state index contributed by atoms with van der Waals surface area (Å²) in [5.41, 5.74) is 1.68.